The minimum absolute atomic E-state index is 0.0135. The average molecular weight is 471 g/mol. The van der Waals surface area contributed by atoms with Gasteiger partial charge in [0.05, 0.1) is 18.4 Å². The molecule has 1 aromatic heterocycles. The van der Waals surface area contributed by atoms with Crippen molar-refractivity contribution in [2.45, 2.75) is 46.1 Å². The minimum Gasteiger partial charge on any atom is -0.507 e. The summed E-state index contributed by atoms with van der Waals surface area (Å²) < 4.78 is 5.52. The van der Waals surface area contributed by atoms with Crippen LogP contribution in [0.3, 0.4) is 0 Å². The molecular weight excluding hydrogens is 440 g/mol. The van der Waals surface area contributed by atoms with E-state index in [9.17, 15) is 14.7 Å². The molecule has 1 aliphatic rings. The van der Waals surface area contributed by atoms with E-state index < -0.39 is 17.7 Å². The second-order valence-corrected chi connectivity index (χ2v) is 9.88. The molecule has 1 saturated heterocycles. The standard InChI is InChI=1S/C29H30N2O4/c1-17-10-11-18(2)22(15-17)31-25(21-9-7-8-14-30-21)24(27(33)28(31)34)26(32)19-12-13-23(35-6)20(16-19)29(3,4)5/h7-16,25,32H,1-6H3/b26-24-. The van der Waals surface area contributed by atoms with Crippen molar-refractivity contribution in [3.63, 3.8) is 0 Å². The predicted molar refractivity (Wildman–Crippen MR) is 137 cm³/mol. The molecule has 35 heavy (non-hydrogen) atoms. The maximum Gasteiger partial charge on any atom is 0.300 e. The van der Waals surface area contributed by atoms with Crippen LogP contribution in [0.4, 0.5) is 5.69 Å². The van der Waals surface area contributed by atoms with Gasteiger partial charge in [0.25, 0.3) is 11.7 Å². The van der Waals surface area contributed by atoms with Gasteiger partial charge in [0.2, 0.25) is 0 Å². The number of benzene rings is 2. The van der Waals surface area contributed by atoms with Crippen molar-refractivity contribution in [3.05, 3.63) is 94.3 Å². The van der Waals surface area contributed by atoms with Crippen molar-refractivity contribution in [3.8, 4) is 5.75 Å². The first-order chi connectivity index (χ1) is 16.5. The number of nitrogens with zero attached hydrogens (tertiary/aromatic N) is 2. The number of rotatable bonds is 4. The number of aryl methyl sites for hydroxylation is 2. The van der Waals surface area contributed by atoms with E-state index >= 15 is 0 Å². The van der Waals surface area contributed by atoms with Crippen molar-refractivity contribution in [2.75, 3.05) is 12.0 Å². The van der Waals surface area contributed by atoms with E-state index in [4.69, 9.17) is 4.74 Å². The molecule has 1 atom stereocenters. The Balaban J connectivity index is 1.98. The number of hydrogen-bond acceptors (Lipinski definition) is 5. The summed E-state index contributed by atoms with van der Waals surface area (Å²) in [5.41, 5.74) is 3.98. The Bertz CT molecular complexity index is 1340. The summed E-state index contributed by atoms with van der Waals surface area (Å²) in [6.45, 7) is 9.95. The summed E-state index contributed by atoms with van der Waals surface area (Å²) in [7, 11) is 1.60. The Morgan fingerprint density at radius 2 is 1.77 bits per heavy atom. The number of ketones is 1. The maximum atomic E-state index is 13.4. The molecule has 1 unspecified atom stereocenters. The van der Waals surface area contributed by atoms with Gasteiger partial charge in [-0.2, -0.15) is 0 Å². The number of aliphatic hydroxyl groups is 1. The highest BCUT2D eigenvalue weighted by atomic mass is 16.5. The lowest BCUT2D eigenvalue weighted by Crippen LogP contribution is -2.30. The fourth-order valence-electron chi connectivity index (χ4n) is 4.47. The number of methoxy groups -OCH3 is 1. The number of anilines is 1. The van der Waals surface area contributed by atoms with Crippen molar-refractivity contribution in [2.24, 2.45) is 0 Å². The number of ether oxygens (including phenoxy) is 1. The molecule has 0 aliphatic carbocycles. The van der Waals surface area contributed by atoms with Crippen LogP contribution in [0.15, 0.2) is 66.4 Å². The van der Waals surface area contributed by atoms with E-state index in [2.05, 4.69) is 4.98 Å². The summed E-state index contributed by atoms with van der Waals surface area (Å²) in [6, 6.07) is 15.5. The zero-order chi connectivity index (χ0) is 25.5. The highest BCUT2D eigenvalue weighted by Gasteiger charge is 2.48. The molecule has 0 saturated carbocycles. The number of pyridine rings is 1. The molecule has 0 radical (unpaired) electrons. The normalized spacial score (nSPS) is 17.7. The Morgan fingerprint density at radius 3 is 2.40 bits per heavy atom. The van der Waals surface area contributed by atoms with Gasteiger partial charge in [0.1, 0.15) is 17.6 Å². The van der Waals surface area contributed by atoms with Crippen LogP contribution < -0.4 is 9.64 Å². The fraction of sp³-hybridized carbons (Fsp3) is 0.276. The van der Waals surface area contributed by atoms with Gasteiger partial charge in [0, 0.05) is 23.0 Å². The molecule has 6 nitrogen and oxygen atoms in total. The number of carbonyl (C=O) groups excluding carboxylic acids is 2. The lowest BCUT2D eigenvalue weighted by molar-refractivity contribution is -0.132. The Labute approximate surface area is 205 Å². The second kappa shape index (κ2) is 9.02. The summed E-state index contributed by atoms with van der Waals surface area (Å²) in [5, 5.41) is 11.5. The summed E-state index contributed by atoms with van der Waals surface area (Å²) in [6.07, 6.45) is 1.61. The lowest BCUT2D eigenvalue weighted by Gasteiger charge is -2.26. The smallest absolute Gasteiger partial charge is 0.300 e. The van der Waals surface area contributed by atoms with Gasteiger partial charge < -0.3 is 9.84 Å². The van der Waals surface area contributed by atoms with Gasteiger partial charge >= 0.3 is 0 Å². The van der Waals surface area contributed by atoms with Crippen molar-refractivity contribution in [1.82, 2.24) is 4.98 Å². The van der Waals surface area contributed by atoms with E-state index in [0.717, 1.165) is 16.7 Å². The van der Waals surface area contributed by atoms with Gasteiger partial charge in [-0.05, 0) is 66.8 Å². The number of Topliss-reactive ketones (excluding diaryl/α,β-unsaturated/α-hetero) is 1. The van der Waals surface area contributed by atoms with Crippen molar-refractivity contribution in [1.29, 1.82) is 0 Å². The number of hydrogen-bond donors (Lipinski definition) is 1. The van der Waals surface area contributed by atoms with Crippen LogP contribution in [0.1, 0.15) is 54.8 Å². The van der Waals surface area contributed by atoms with Crippen LogP contribution in [0.2, 0.25) is 0 Å². The maximum absolute atomic E-state index is 13.4. The van der Waals surface area contributed by atoms with Crippen LogP contribution in [-0.4, -0.2) is 28.9 Å². The van der Waals surface area contributed by atoms with Crippen LogP contribution in [0.5, 0.6) is 5.75 Å². The first-order valence-corrected chi connectivity index (χ1v) is 11.5. The van der Waals surface area contributed by atoms with Crippen LogP contribution in [-0.2, 0) is 15.0 Å². The van der Waals surface area contributed by atoms with Gasteiger partial charge in [-0.15, -0.1) is 0 Å². The molecule has 0 spiro atoms. The zero-order valence-electron chi connectivity index (χ0n) is 20.9. The molecule has 0 bridgehead atoms. The highest BCUT2D eigenvalue weighted by molar-refractivity contribution is 6.51. The van der Waals surface area contributed by atoms with E-state index in [1.165, 1.54) is 4.90 Å². The quantitative estimate of drug-likeness (QED) is 0.304. The van der Waals surface area contributed by atoms with Crippen LogP contribution in [0, 0.1) is 13.8 Å². The molecule has 2 heterocycles. The molecule has 1 N–H and O–H groups in total. The van der Waals surface area contributed by atoms with Crippen LogP contribution in [0.25, 0.3) is 5.76 Å². The number of aromatic nitrogens is 1. The van der Waals surface area contributed by atoms with E-state index in [1.54, 1.807) is 43.6 Å². The van der Waals surface area contributed by atoms with Crippen molar-refractivity contribution < 1.29 is 19.4 Å². The van der Waals surface area contributed by atoms with Crippen molar-refractivity contribution >= 4 is 23.1 Å². The molecule has 1 amide bonds. The number of carbonyl (C=O) groups is 2. The topological polar surface area (TPSA) is 79.7 Å². The zero-order valence-corrected chi connectivity index (χ0v) is 20.9. The van der Waals surface area contributed by atoms with Gasteiger partial charge in [0.15, 0.2) is 0 Å². The largest absolute Gasteiger partial charge is 0.507 e. The van der Waals surface area contributed by atoms with Gasteiger partial charge in [-0.1, -0.05) is 39.0 Å². The summed E-state index contributed by atoms with van der Waals surface area (Å²) >= 11 is 0. The van der Waals surface area contributed by atoms with Crippen LogP contribution >= 0.6 is 0 Å². The third-order valence-electron chi connectivity index (χ3n) is 6.32. The predicted octanol–water partition coefficient (Wildman–Crippen LogP) is 5.63. The molecule has 6 heteroatoms. The molecule has 3 aromatic rings. The highest BCUT2D eigenvalue weighted by Crippen LogP contribution is 2.43. The Hall–Kier alpha value is -3.93. The molecule has 1 fully saturated rings. The molecule has 2 aromatic carbocycles. The fourth-order valence-corrected chi connectivity index (χ4v) is 4.47. The Morgan fingerprint density at radius 1 is 1.03 bits per heavy atom. The monoisotopic (exact) mass is 470 g/mol. The average Bonchev–Trinajstić information content (AvgIpc) is 3.10. The summed E-state index contributed by atoms with van der Waals surface area (Å²) in [4.78, 5) is 32.7. The molecule has 180 valence electrons. The van der Waals surface area contributed by atoms with E-state index in [0.29, 0.717) is 22.7 Å². The van der Waals surface area contributed by atoms with Gasteiger partial charge in [-0.3, -0.25) is 19.5 Å². The van der Waals surface area contributed by atoms with E-state index in [1.807, 2.05) is 58.9 Å². The third-order valence-corrected chi connectivity index (χ3v) is 6.32. The summed E-state index contributed by atoms with van der Waals surface area (Å²) in [5.74, 6) is -0.987. The first-order valence-electron chi connectivity index (χ1n) is 11.5. The first kappa shape index (κ1) is 24.2. The van der Waals surface area contributed by atoms with Gasteiger partial charge in [-0.25, -0.2) is 0 Å². The minimum atomic E-state index is -0.864. The SMILES string of the molecule is COc1ccc(/C(O)=C2/C(=O)C(=O)N(c3cc(C)ccc3C)C2c2ccccn2)cc1C(C)(C)C. The number of aliphatic hydroxyl groups excluding tert-OH is 1. The Kier molecular flexibility index (Phi) is 6.24. The molecule has 1 aliphatic heterocycles. The molecule has 4 rings (SSSR count). The number of amides is 1. The molecular formula is C29H30N2O4. The second-order valence-electron chi connectivity index (χ2n) is 9.88. The third kappa shape index (κ3) is 4.32. The lowest BCUT2D eigenvalue weighted by atomic mass is 9.84. The van der Waals surface area contributed by atoms with E-state index in [-0.39, 0.29) is 16.7 Å².